The van der Waals surface area contributed by atoms with Crippen LogP contribution in [-0.4, -0.2) is 45.2 Å². The minimum absolute atomic E-state index is 0.0387. The van der Waals surface area contributed by atoms with Crippen LogP contribution in [0.1, 0.15) is 46.1 Å². The number of amides is 2. The number of aromatic hydroxyl groups is 1. The monoisotopic (exact) mass is 391 g/mol. The molecule has 1 aromatic rings. The van der Waals surface area contributed by atoms with E-state index in [9.17, 15) is 24.8 Å². The summed E-state index contributed by atoms with van der Waals surface area (Å²) < 4.78 is 0. The van der Waals surface area contributed by atoms with Gasteiger partial charge in [0.25, 0.3) is 5.69 Å². The highest BCUT2D eigenvalue weighted by atomic mass is 16.6. The number of carbonyl (C=O) groups excluding carboxylic acids is 2. The van der Waals surface area contributed by atoms with Crippen LogP contribution in [-0.2, 0) is 9.59 Å². The average molecular weight is 391 g/mol. The van der Waals surface area contributed by atoms with E-state index in [2.05, 4.69) is 21.2 Å². The van der Waals surface area contributed by atoms with E-state index in [0.29, 0.717) is 12.8 Å². The van der Waals surface area contributed by atoms with Crippen LogP contribution in [0.5, 0.6) is 5.75 Å². The van der Waals surface area contributed by atoms with Crippen molar-refractivity contribution >= 4 is 23.7 Å². The molecule has 1 fully saturated rings. The van der Waals surface area contributed by atoms with E-state index < -0.39 is 16.7 Å². The van der Waals surface area contributed by atoms with Crippen LogP contribution in [0.15, 0.2) is 23.3 Å². The van der Waals surface area contributed by atoms with Crippen molar-refractivity contribution in [2.75, 3.05) is 0 Å². The first kappa shape index (κ1) is 21.3. The highest BCUT2D eigenvalue weighted by Crippen LogP contribution is 2.28. The molecule has 2 amide bonds. The Balaban J connectivity index is 1.96. The fourth-order valence-electron chi connectivity index (χ4n) is 3.65. The Morgan fingerprint density at radius 2 is 1.86 bits per heavy atom. The third-order valence-electron chi connectivity index (χ3n) is 4.32. The third-order valence-corrected chi connectivity index (χ3v) is 4.32. The van der Waals surface area contributed by atoms with Gasteiger partial charge < -0.3 is 15.7 Å². The summed E-state index contributed by atoms with van der Waals surface area (Å²) in [6, 6.07) is 3.22. The summed E-state index contributed by atoms with van der Waals surface area (Å²) in [6.07, 6.45) is 2.37. The molecule has 1 saturated heterocycles. The number of hydrogen-bond donors (Lipinski definition) is 4. The molecule has 1 aromatic carbocycles. The Labute approximate surface area is 162 Å². The summed E-state index contributed by atoms with van der Waals surface area (Å²) in [4.78, 5) is 34.2. The maximum Gasteiger partial charge on any atom is 0.329 e. The van der Waals surface area contributed by atoms with E-state index in [4.69, 9.17) is 0 Å². The Morgan fingerprint density at radius 3 is 2.43 bits per heavy atom. The molecule has 2 rings (SSSR count). The van der Waals surface area contributed by atoms with Gasteiger partial charge in [0.1, 0.15) is 5.75 Å². The number of nitro benzene ring substituents is 1. The summed E-state index contributed by atoms with van der Waals surface area (Å²) in [5.74, 6) is -2.03. The van der Waals surface area contributed by atoms with Crippen molar-refractivity contribution in [1.29, 1.82) is 0 Å². The number of rotatable bonds is 4. The molecule has 0 spiro atoms. The molecule has 4 N–H and O–H groups in total. The number of non-ortho nitro benzene ring substituents is 1. The second-order valence-corrected chi connectivity index (χ2v) is 8.17. The molecule has 0 atom stereocenters. The lowest BCUT2D eigenvalue weighted by Crippen LogP contribution is -2.62. The molecule has 152 valence electrons. The second-order valence-electron chi connectivity index (χ2n) is 8.17. The van der Waals surface area contributed by atoms with Crippen molar-refractivity contribution in [2.45, 2.75) is 57.7 Å². The van der Waals surface area contributed by atoms with Gasteiger partial charge in [-0.05, 0) is 46.6 Å². The largest absolute Gasteiger partial charge is 0.507 e. The number of hydrogen-bond acceptors (Lipinski definition) is 7. The van der Waals surface area contributed by atoms with Crippen molar-refractivity contribution < 1.29 is 19.6 Å². The normalized spacial score (nSPS) is 18.6. The predicted octanol–water partition coefficient (Wildman–Crippen LogP) is 1.18. The number of phenolic OH excluding ortho intramolecular Hbond substituents is 1. The number of phenols is 1. The molecule has 0 aromatic heterocycles. The lowest BCUT2D eigenvalue weighted by Gasteiger charge is -2.46. The molecular formula is C18H25N5O5. The maximum absolute atomic E-state index is 12.1. The number of piperidine rings is 1. The van der Waals surface area contributed by atoms with E-state index in [-0.39, 0.29) is 34.1 Å². The van der Waals surface area contributed by atoms with Gasteiger partial charge >= 0.3 is 11.8 Å². The zero-order valence-corrected chi connectivity index (χ0v) is 16.3. The van der Waals surface area contributed by atoms with Gasteiger partial charge in [0.2, 0.25) is 0 Å². The van der Waals surface area contributed by atoms with Crippen LogP contribution in [0.2, 0.25) is 0 Å². The van der Waals surface area contributed by atoms with Crippen LogP contribution in [0, 0.1) is 10.1 Å². The number of hydrazone groups is 1. The van der Waals surface area contributed by atoms with Crippen molar-refractivity contribution in [2.24, 2.45) is 5.10 Å². The first-order chi connectivity index (χ1) is 12.9. The highest BCUT2D eigenvalue weighted by Gasteiger charge is 2.38. The van der Waals surface area contributed by atoms with Crippen LogP contribution < -0.4 is 16.1 Å². The van der Waals surface area contributed by atoms with Crippen molar-refractivity contribution in [3.05, 3.63) is 33.9 Å². The van der Waals surface area contributed by atoms with Crippen molar-refractivity contribution in [3.8, 4) is 5.75 Å². The van der Waals surface area contributed by atoms with E-state index in [1.807, 2.05) is 27.7 Å². The summed E-state index contributed by atoms with van der Waals surface area (Å²) in [5, 5.41) is 30.3. The zero-order chi connectivity index (χ0) is 21.1. The lowest BCUT2D eigenvalue weighted by atomic mass is 9.79. The van der Waals surface area contributed by atoms with Crippen LogP contribution in [0.4, 0.5) is 5.69 Å². The predicted molar refractivity (Wildman–Crippen MR) is 103 cm³/mol. The van der Waals surface area contributed by atoms with Crippen LogP contribution in [0.25, 0.3) is 0 Å². The van der Waals surface area contributed by atoms with Crippen molar-refractivity contribution in [3.63, 3.8) is 0 Å². The molecule has 0 aliphatic carbocycles. The van der Waals surface area contributed by atoms with Gasteiger partial charge in [-0.3, -0.25) is 19.7 Å². The van der Waals surface area contributed by atoms with Gasteiger partial charge in [-0.15, -0.1) is 0 Å². The van der Waals surface area contributed by atoms with Crippen LogP contribution >= 0.6 is 0 Å². The number of nitro groups is 1. The quantitative estimate of drug-likeness (QED) is 0.262. The molecule has 28 heavy (non-hydrogen) atoms. The number of nitrogens with zero attached hydrogens (tertiary/aromatic N) is 2. The van der Waals surface area contributed by atoms with E-state index in [1.54, 1.807) is 0 Å². The van der Waals surface area contributed by atoms with E-state index in [0.717, 1.165) is 24.4 Å². The summed E-state index contributed by atoms with van der Waals surface area (Å²) >= 11 is 0. The smallest absolute Gasteiger partial charge is 0.329 e. The van der Waals surface area contributed by atoms with Gasteiger partial charge in [0, 0.05) is 34.8 Å². The molecule has 0 saturated carbocycles. The first-order valence-electron chi connectivity index (χ1n) is 8.79. The van der Waals surface area contributed by atoms with Gasteiger partial charge in [-0.25, -0.2) is 5.43 Å². The summed E-state index contributed by atoms with van der Waals surface area (Å²) in [5.41, 5.74) is 1.49. The van der Waals surface area contributed by atoms with Gasteiger partial charge in [-0.2, -0.15) is 5.10 Å². The minimum Gasteiger partial charge on any atom is -0.507 e. The van der Waals surface area contributed by atoms with Gasteiger partial charge in [-0.1, -0.05) is 0 Å². The molecule has 10 nitrogen and oxygen atoms in total. The fourth-order valence-corrected chi connectivity index (χ4v) is 3.65. The second kappa shape index (κ2) is 7.93. The van der Waals surface area contributed by atoms with Gasteiger partial charge in [0.15, 0.2) is 0 Å². The van der Waals surface area contributed by atoms with Crippen LogP contribution in [0.3, 0.4) is 0 Å². The summed E-state index contributed by atoms with van der Waals surface area (Å²) in [6.45, 7) is 8.12. The molecule has 0 radical (unpaired) electrons. The molecule has 1 aliphatic rings. The molecule has 1 heterocycles. The Kier molecular flexibility index (Phi) is 6.03. The highest BCUT2D eigenvalue weighted by molar-refractivity contribution is 6.35. The topological polar surface area (TPSA) is 146 Å². The number of carbonyl (C=O) groups is 2. The maximum atomic E-state index is 12.1. The number of benzene rings is 1. The fraction of sp³-hybridized carbons (Fsp3) is 0.500. The summed E-state index contributed by atoms with van der Waals surface area (Å²) in [7, 11) is 0. The lowest BCUT2D eigenvalue weighted by molar-refractivity contribution is -0.384. The minimum atomic E-state index is -0.963. The number of nitrogens with one attached hydrogen (secondary N) is 3. The molecule has 0 unspecified atom stereocenters. The first-order valence-corrected chi connectivity index (χ1v) is 8.79. The van der Waals surface area contributed by atoms with E-state index >= 15 is 0 Å². The molecule has 1 aliphatic heterocycles. The van der Waals surface area contributed by atoms with Gasteiger partial charge in [0.05, 0.1) is 11.1 Å². The van der Waals surface area contributed by atoms with Crippen molar-refractivity contribution in [1.82, 2.24) is 16.1 Å². The standard InChI is InChI=1S/C18H25N5O5/c1-17(2)8-12(9-18(3,4)22-17)20-15(25)16(26)21-19-10-11-7-13(23(27)28)5-6-14(11)24/h5-7,10,12,22,24H,8-9H2,1-4H3,(H,20,25)(H,21,26). The van der Waals surface area contributed by atoms with E-state index in [1.165, 1.54) is 0 Å². The molecule has 10 heteroatoms. The Hall–Kier alpha value is -3.01. The Morgan fingerprint density at radius 1 is 1.25 bits per heavy atom. The third kappa shape index (κ3) is 5.74. The SMILES string of the molecule is CC1(C)CC(NC(=O)C(=O)NN=Cc2cc([N+](=O)[O-])ccc2O)CC(C)(C)N1. The average Bonchev–Trinajstić information content (AvgIpc) is 2.53. The molecule has 0 bridgehead atoms. The zero-order valence-electron chi connectivity index (χ0n) is 16.3. The molecular weight excluding hydrogens is 366 g/mol. The Bertz CT molecular complexity index is 803.